The zero-order valence-corrected chi connectivity index (χ0v) is 15.5. The van der Waals surface area contributed by atoms with Crippen molar-refractivity contribution in [3.8, 4) is 0 Å². The Kier molecular flexibility index (Phi) is 11.6. The number of hydrogen-bond donors (Lipinski definition) is 2. The fraction of sp³-hybridized carbons (Fsp3) is 0.812. The third-order valence-corrected chi connectivity index (χ3v) is 3.65. The van der Waals surface area contributed by atoms with E-state index in [1.165, 1.54) is 18.7 Å². The zero-order chi connectivity index (χ0) is 17.7. The van der Waals surface area contributed by atoms with Gasteiger partial charge in [-0.1, -0.05) is 24.6 Å². The highest BCUT2D eigenvalue weighted by molar-refractivity contribution is 8.13. The Balaban J connectivity index is 3.40. The Morgan fingerprint density at radius 3 is 2.22 bits per heavy atom. The minimum atomic E-state index is -0.470. The summed E-state index contributed by atoms with van der Waals surface area (Å²) in [5.41, 5.74) is -0.470. The van der Waals surface area contributed by atoms with E-state index in [0.29, 0.717) is 25.3 Å². The number of carbonyl (C=O) groups excluding carboxylic acids is 3. The number of alkyl carbamates (subject to hydrolysis) is 1. The number of carbonyl (C=O) groups is 3. The van der Waals surface area contributed by atoms with Crippen LogP contribution in [0.2, 0.25) is 0 Å². The first-order chi connectivity index (χ1) is 10.7. The molecule has 0 saturated heterocycles. The van der Waals surface area contributed by atoms with Crippen molar-refractivity contribution < 1.29 is 19.1 Å². The van der Waals surface area contributed by atoms with Crippen LogP contribution >= 0.6 is 11.8 Å². The fourth-order valence-electron chi connectivity index (χ4n) is 1.72. The van der Waals surface area contributed by atoms with Crippen LogP contribution in [0.4, 0.5) is 4.79 Å². The average Bonchev–Trinajstić information content (AvgIpc) is 2.40. The molecule has 0 aliphatic rings. The van der Waals surface area contributed by atoms with E-state index >= 15 is 0 Å². The van der Waals surface area contributed by atoms with Crippen molar-refractivity contribution in [3.63, 3.8) is 0 Å². The Labute approximate surface area is 143 Å². The van der Waals surface area contributed by atoms with Crippen LogP contribution in [-0.2, 0) is 14.3 Å². The van der Waals surface area contributed by atoms with Crippen molar-refractivity contribution in [2.75, 3.05) is 18.8 Å². The van der Waals surface area contributed by atoms with Crippen LogP contribution in [0.3, 0.4) is 0 Å². The Bertz CT molecular complexity index is 381. The van der Waals surface area contributed by atoms with E-state index in [0.717, 1.165) is 25.7 Å². The van der Waals surface area contributed by atoms with Gasteiger partial charge in [-0.2, -0.15) is 0 Å². The van der Waals surface area contributed by atoms with Crippen LogP contribution < -0.4 is 10.6 Å². The molecule has 7 heteroatoms. The number of rotatable bonds is 10. The second-order valence-corrected chi connectivity index (χ2v) is 7.45. The van der Waals surface area contributed by atoms with Crippen molar-refractivity contribution in [1.82, 2.24) is 10.6 Å². The summed E-state index contributed by atoms with van der Waals surface area (Å²) in [5, 5.41) is 5.54. The second kappa shape index (κ2) is 12.2. The molecule has 0 spiro atoms. The fourth-order valence-corrected chi connectivity index (χ4v) is 2.44. The van der Waals surface area contributed by atoms with Gasteiger partial charge >= 0.3 is 6.09 Å². The highest BCUT2D eigenvalue weighted by Crippen LogP contribution is 2.10. The van der Waals surface area contributed by atoms with Gasteiger partial charge in [-0.25, -0.2) is 4.79 Å². The summed E-state index contributed by atoms with van der Waals surface area (Å²) in [6.45, 7) is 8.08. The summed E-state index contributed by atoms with van der Waals surface area (Å²) in [5.74, 6) is 0.552. The quantitative estimate of drug-likeness (QED) is 0.594. The van der Waals surface area contributed by atoms with Crippen LogP contribution in [0.15, 0.2) is 0 Å². The Morgan fingerprint density at radius 1 is 0.957 bits per heavy atom. The lowest BCUT2D eigenvalue weighted by Gasteiger charge is -2.19. The molecule has 0 atom stereocenters. The number of amides is 2. The molecular weight excluding hydrogens is 316 g/mol. The van der Waals surface area contributed by atoms with Gasteiger partial charge in [0.2, 0.25) is 5.91 Å². The number of thioether (sulfide) groups is 1. The van der Waals surface area contributed by atoms with Gasteiger partial charge in [0.1, 0.15) is 5.60 Å². The second-order valence-electron chi connectivity index (χ2n) is 6.30. The average molecular weight is 346 g/mol. The largest absolute Gasteiger partial charge is 0.444 e. The third-order valence-electron chi connectivity index (χ3n) is 2.71. The highest BCUT2D eigenvalue weighted by atomic mass is 32.2. The summed E-state index contributed by atoms with van der Waals surface area (Å²) in [6.07, 6.45) is 3.85. The van der Waals surface area contributed by atoms with Crippen molar-refractivity contribution in [1.29, 1.82) is 0 Å². The number of ether oxygens (including phenoxy) is 1. The van der Waals surface area contributed by atoms with Gasteiger partial charge in [-0.3, -0.25) is 9.59 Å². The van der Waals surface area contributed by atoms with Crippen LogP contribution in [0.1, 0.15) is 59.8 Å². The molecule has 0 rings (SSSR count). The molecule has 0 aliphatic carbocycles. The van der Waals surface area contributed by atoms with Crippen LogP contribution in [0.5, 0.6) is 0 Å². The predicted molar refractivity (Wildman–Crippen MR) is 93.5 cm³/mol. The topological polar surface area (TPSA) is 84.5 Å². The summed E-state index contributed by atoms with van der Waals surface area (Å²) in [7, 11) is 0. The van der Waals surface area contributed by atoms with Crippen molar-refractivity contribution in [2.24, 2.45) is 0 Å². The summed E-state index contributed by atoms with van der Waals surface area (Å²) >= 11 is 1.27. The molecule has 0 bridgehead atoms. The minimum Gasteiger partial charge on any atom is -0.444 e. The van der Waals surface area contributed by atoms with Crippen molar-refractivity contribution in [3.05, 3.63) is 0 Å². The van der Waals surface area contributed by atoms with E-state index in [1.54, 1.807) is 0 Å². The molecule has 0 heterocycles. The van der Waals surface area contributed by atoms with E-state index in [-0.39, 0.29) is 17.1 Å². The number of unbranched alkanes of at least 4 members (excludes halogenated alkanes) is 3. The van der Waals surface area contributed by atoms with Crippen molar-refractivity contribution in [2.45, 2.75) is 65.4 Å². The smallest absolute Gasteiger partial charge is 0.407 e. The Hall–Kier alpha value is -1.24. The van der Waals surface area contributed by atoms with Crippen LogP contribution in [0, 0.1) is 0 Å². The van der Waals surface area contributed by atoms with Gasteiger partial charge in [-0.05, 0) is 33.6 Å². The number of hydrogen-bond acceptors (Lipinski definition) is 5. The van der Waals surface area contributed by atoms with Gasteiger partial charge in [0.15, 0.2) is 5.12 Å². The van der Waals surface area contributed by atoms with E-state index in [2.05, 4.69) is 10.6 Å². The van der Waals surface area contributed by atoms with Crippen LogP contribution in [0.25, 0.3) is 0 Å². The molecule has 23 heavy (non-hydrogen) atoms. The predicted octanol–water partition coefficient (Wildman–Crippen LogP) is 2.86. The number of nitrogens with one attached hydrogen (secondary N) is 2. The maximum atomic E-state index is 11.6. The normalized spacial score (nSPS) is 11.0. The summed E-state index contributed by atoms with van der Waals surface area (Å²) in [6, 6.07) is 0. The molecule has 0 aromatic heterocycles. The molecule has 0 radical (unpaired) electrons. The molecule has 2 N–H and O–H groups in total. The molecule has 134 valence electrons. The van der Waals surface area contributed by atoms with Gasteiger partial charge in [0.05, 0.1) is 0 Å². The van der Waals surface area contributed by atoms with Crippen LogP contribution in [-0.4, -0.2) is 41.6 Å². The molecule has 0 unspecified atom stereocenters. The lowest BCUT2D eigenvalue weighted by molar-refractivity contribution is -0.118. The Morgan fingerprint density at radius 2 is 1.61 bits per heavy atom. The standard InChI is InChI=1S/C16H30N2O4S/c1-13(19)17-11-12-23-14(20)9-7-5-6-8-10-18-15(21)22-16(2,3)4/h5-12H2,1-4H3,(H,17,19)(H,18,21). The third kappa shape index (κ3) is 17.0. The molecule has 6 nitrogen and oxygen atoms in total. The molecule has 0 saturated carbocycles. The van der Waals surface area contributed by atoms with Gasteiger partial charge < -0.3 is 15.4 Å². The van der Waals surface area contributed by atoms with Gasteiger partial charge in [-0.15, -0.1) is 0 Å². The highest BCUT2D eigenvalue weighted by Gasteiger charge is 2.15. The lowest BCUT2D eigenvalue weighted by Crippen LogP contribution is -2.32. The maximum Gasteiger partial charge on any atom is 0.407 e. The SMILES string of the molecule is CC(=O)NCCSC(=O)CCCCCCNC(=O)OC(C)(C)C. The first-order valence-corrected chi connectivity index (χ1v) is 9.06. The molecular formula is C16H30N2O4S. The lowest BCUT2D eigenvalue weighted by atomic mass is 10.1. The van der Waals surface area contributed by atoms with E-state index in [1.807, 2.05) is 20.8 Å². The first kappa shape index (κ1) is 21.8. The van der Waals surface area contributed by atoms with E-state index in [9.17, 15) is 14.4 Å². The summed E-state index contributed by atoms with van der Waals surface area (Å²) < 4.78 is 5.13. The van der Waals surface area contributed by atoms with E-state index < -0.39 is 5.60 Å². The monoisotopic (exact) mass is 346 g/mol. The zero-order valence-electron chi connectivity index (χ0n) is 14.7. The maximum absolute atomic E-state index is 11.6. The molecule has 0 fully saturated rings. The molecule has 0 aromatic rings. The minimum absolute atomic E-state index is 0.0713. The first-order valence-electron chi connectivity index (χ1n) is 8.07. The molecule has 2 amide bonds. The molecule has 0 aliphatic heterocycles. The summed E-state index contributed by atoms with van der Waals surface area (Å²) in [4.78, 5) is 33.6. The van der Waals surface area contributed by atoms with Gasteiger partial charge in [0.25, 0.3) is 0 Å². The molecule has 0 aromatic carbocycles. The van der Waals surface area contributed by atoms with Crippen molar-refractivity contribution >= 4 is 28.9 Å². The van der Waals surface area contributed by atoms with E-state index in [4.69, 9.17) is 4.74 Å². The van der Waals surface area contributed by atoms with Gasteiger partial charge in [0, 0.05) is 32.2 Å².